The van der Waals surface area contributed by atoms with Crippen molar-refractivity contribution in [3.63, 3.8) is 0 Å². The van der Waals surface area contributed by atoms with Gasteiger partial charge in [0.25, 0.3) is 11.1 Å². The fraction of sp³-hybridized carbons (Fsp3) is 0.111. The zero-order chi connectivity index (χ0) is 17.4. The summed E-state index contributed by atoms with van der Waals surface area (Å²) in [5.74, 6) is 1.00. The number of nitrogens with zero attached hydrogens (tertiary/aromatic N) is 1. The molecule has 0 aliphatic carbocycles. The summed E-state index contributed by atoms with van der Waals surface area (Å²) in [7, 11) is 0. The lowest BCUT2D eigenvalue weighted by atomic mass is 10.2. The van der Waals surface area contributed by atoms with Crippen LogP contribution in [0.5, 0.6) is 11.5 Å². The van der Waals surface area contributed by atoms with E-state index in [2.05, 4.69) is 0 Å². The SMILES string of the molecule is O=C1SC(=Cc2ccc3c(c2)OCO3)C(=O)N1Cc1ccc(Cl)cc1. The number of carbonyl (C=O) groups excluding carboxylic acids is 2. The van der Waals surface area contributed by atoms with Crippen LogP contribution in [0.2, 0.25) is 5.02 Å². The molecule has 0 aromatic heterocycles. The molecule has 2 aliphatic heterocycles. The molecule has 25 heavy (non-hydrogen) atoms. The van der Waals surface area contributed by atoms with Gasteiger partial charge in [-0.25, -0.2) is 0 Å². The van der Waals surface area contributed by atoms with Gasteiger partial charge in [0.15, 0.2) is 11.5 Å². The van der Waals surface area contributed by atoms with Gasteiger partial charge in [0.05, 0.1) is 11.4 Å². The van der Waals surface area contributed by atoms with E-state index in [-0.39, 0.29) is 24.5 Å². The van der Waals surface area contributed by atoms with Crippen LogP contribution in [-0.2, 0) is 11.3 Å². The largest absolute Gasteiger partial charge is 0.454 e. The fourth-order valence-electron chi connectivity index (χ4n) is 2.56. The Morgan fingerprint density at radius 3 is 2.64 bits per heavy atom. The van der Waals surface area contributed by atoms with Gasteiger partial charge in [-0.05, 0) is 53.2 Å². The van der Waals surface area contributed by atoms with Gasteiger partial charge >= 0.3 is 0 Å². The highest BCUT2D eigenvalue weighted by Crippen LogP contribution is 2.36. The molecule has 5 nitrogen and oxygen atoms in total. The first-order valence-corrected chi connectivity index (χ1v) is 8.69. The molecular formula is C18H12ClNO4S. The predicted molar refractivity (Wildman–Crippen MR) is 95.5 cm³/mol. The van der Waals surface area contributed by atoms with Gasteiger partial charge in [0.1, 0.15) is 0 Å². The van der Waals surface area contributed by atoms with E-state index < -0.39 is 0 Å². The highest BCUT2D eigenvalue weighted by atomic mass is 35.5. The van der Waals surface area contributed by atoms with Crippen LogP contribution in [0.1, 0.15) is 11.1 Å². The topological polar surface area (TPSA) is 55.8 Å². The average Bonchev–Trinajstić information content (AvgIpc) is 3.16. The fourth-order valence-corrected chi connectivity index (χ4v) is 3.53. The molecule has 0 saturated carbocycles. The molecule has 2 aromatic carbocycles. The van der Waals surface area contributed by atoms with Crippen LogP contribution >= 0.6 is 23.4 Å². The van der Waals surface area contributed by atoms with Crippen molar-refractivity contribution in [2.75, 3.05) is 6.79 Å². The Morgan fingerprint density at radius 1 is 1.08 bits per heavy atom. The van der Waals surface area contributed by atoms with E-state index in [0.717, 1.165) is 22.9 Å². The Labute approximate surface area is 153 Å². The number of ether oxygens (including phenoxy) is 2. The molecule has 0 atom stereocenters. The minimum atomic E-state index is -0.303. The molecule has 2 aliphatic rings. The zero-order valence-corrected chi connectivity index (χ0v) is 14.5. The van der Waals surface area contributed by atoms with E-state index in [9.17, 15) is 9.59 Å². The number of rotatable bonds is 3. The number of imide groups is 1. The Morgan fingerprint density at radius 2 is 1.84 bits per heavy atom. The van der Waals surface area contributed by atoms with Gasteiger partial charge in [0, 0.05) is 5.02 Å². The van der Waals surface area contributed by atoms with Gasteiger partial charge in [-0.1, -0.05) is 29.8 Å². The molecular weight excluding hydrogens is 362 g/mol. The minimum absolute atomic E-state index is 0.191. The van der Waals surface area contributed by atoms with E-state index in [0.29, 0.717) is 21.4 Å². The summed E-state index contributed by atoms with van der Waals surface area (Å²) >= 11 is 6.79. The molecule has 1 saturated heterocycles. The highest BCUT2D eigenvalue weighted by molar-refractivity contribution is 8.18. The van der Waals surface area contributed by atoms with Crippen molar-refractivity contribution in [1.82, 2.24) is 4.90 Å². The quantitative estimate of drug-likeness (QED) is 0.750. The lowest BCUT2D eigenvalue weighted by Gasteiger charge is -2.12. The number of halogens is 1. The number of amides is 2. The second-order valence-electron chi connectivity index (χ2n) is 5.51. The van der Waals surface area contributed by atoms with Crippen molar-refractivity contribution in [2.24, 2.45) is 0 Å². The predicted octanol–water partition coefficient (Wildman–Crippen LogP) is 4.31. The lowest BCUT2D eigenvalue weighted by Crippen LogP contribution is -2.27. The maximum atomic E-state index is 12.6. The summed E-state index contributed by atoms with van der Waals surface area (Å²) in [6.07, 6.45) is 1.69. The summed E-state index contributed by atoms with van der Waals surface area (Å²) in [6.45, 7) is 0.413. The van der Waals surface area contributed by atoms with E-state index in [1.165, 1.54) is 4.90 Å². The van der Waals surface area contributed by atoms with Crippen LogP contribution in [-0.4, -0.2) is 22.8 Å². The van der Waals surface area contributed by atoms with Gasteiger partial charge < -0.3 is 9.47 Å². The molecule has 0 radical (unpaired) electrons. The van der Waals surface area contributed by atoms with Crippen LogP contribution in [0.25, 0.3) is 6.08 Å². The van der Waals surface area contributed by atoms with Crippen molar-refractivity contribution >= 4 is 40.6 Å². The van der Waals surface area contributed by atoms with Gasteiger partial charge in [0.2, 0.25) is 6.79 Å². The van der Waals surface area contributed by atoms with Crippen molar-refractivity contribution in [1.29, 1.82) is 0 Å². The number of hydrogen-bond donors (Lipinski definition) is 0. The number of thioether (sulfide) groups is 1. The first-order chi connectivity index (χ1) is 12.1. The average molecular weight is 374 g/mol. The third-order valence-corrected chi connectivity index (χ3v) is 4.98. The zero-order valence-electron chi connectivity index (χ0n) is 12.9. The number of benzene rings is 2. The summed E-state index contributed by atoms with van der Waals surface area (Å²) in [4.78, 5) is 26.4. The number of carbonyl (C=O) groups is 2. The monoisotopic (exact) mass is 373 g/mol. The molecule has 126 valence electrons. The second-order valence-corrected chi connectivity index (χ2v) is 6.94. The van der Waals surface area contributed by atoms with Crippen LogP contribution in [0.15, 0.2) is 47.4 Å². The normalized spacial score (nSPS) is 17.6. The maximum Gasteiger partial charge on any atom is 0.293 e. The lowest BCUT2D eigenvalue weighted by molar-refractivity contribution is -0.123. The summed E-state index contributed by atoms with van der Waals surface area (Å²) in [6, 6.07) is 12.5. The van der Waals surface area contributed by atoms with Crippen LogP contribution in [0.4, 0.5) is 4.79 Å². The molecule has 0 N–H and O–H groups in total. The molecule has 2 aromatic rings. The van der Waals surface area contributed by atoms with E-state index in [4.69, 9.17) is 21.1 Å². The van der Waals surface area contributed by atoms with Crippen LogP contribution < -0.4 is 9.47 Å². The van der Waals surface area contributed by atoms with Gasteiger partial charge in [-0.3, -0.25) is 14.5 Å². The molecule has 4 rings (SSSR count). The smallest absolute Gasteiger partial charge is 0.293 e. The standard InChI is InChI=1S/C18H12ClNO4S/c19-13-4-1-11(2-5-13)9-20-17(21)16(25-18(20)22)8-12-3-6-14-15(7-12)24-10-23-14/h1-8H,9-10H2. The van der Waals surface area contributed by atoms with E-state index >= 15 is 0 Å². The van der Waals surface area contributed by atoms with Gasteiger partial charge in [-0.15, -0.1) is 0 Å². The maximum absolute atomic E-state index is 12.6. The Bertz CT molecular complexity index is 894. The first kappa shape index (κ1) is 16.1. The van der Waals surface area contributed by atoms with E-state index in [1.807, 2.05) is 6.07 Å². The second kappa shape index (κ2) is 6.46. The summed E-state index contributed by atoms with van der Waals surface area (Å²) in [5.41, 5.74) is 1.62. The van der Waals surface area contributed by atoms with Crippen LogP contribution in [0, 0.1) is 0 Å². The molecule has 2 amide bonds. The molecule has 0 spiro atoms. The third kappa shape index (κ3) is 3.23. The Hall–Kier alpha value is -2.44. The minimum Gasteiger partial charge on any atom is -0.454 e. The van der Waals surface area contributed by atoms with Crippen molar-refractivity contribution in [3.05, 3.63) is 63.5 Å². The number of fused-ring (bicyclic) bond motifs is 1. The molecule has 1 fully saturated rings. The van der Waals surface area contributed by atoms with Crippen molar-refractivity contribution < 1.29 is 19.1 Å². The molecule has 0 unspecified atom stereocenters. The van der Waals surface area contributed by atoms with E-state index in [1.54, 1.807) is 42.5 Å². The Kier molecular flexibility index (Phi) is 4.15. The highest BCUT2D eigenvalue weighted by Gasteiger charge is 2.35. The first-order valence-electron chi connectivity index (χ1n) is 7.49. The summed E-state index contributed by atoms with van der Waals surface area (Å²) < 4.78 is 10.6. The summed E-state index contributed by atoms with van der Waals surface area (Å²) in [5, 5.41) is 0.326. The Balaban J connectivity index is 1.55. The number of hydrogen-bond acceptors (Lipinski definition) is 5. The molecule has 2 heterocycles. The third-order valence-electron chi connectivity index (χ3n) is 3.82. The van der Waals surface area contributed by atoms with Crippen LogP contribution in [0.3, 0.4) is 0 Å². The van der Waals surface area contributed by atoms with Crippen molar-refractivity contribution in [3.8, 4) is 11.5 Å². The molecule has 7 heteroatoms. The van der Waals surface area contributed by atoms with Crippen molar-refractivity contribution in [2.45, 2.75) is 6.54 Å². The van der Waals surface area contributed by atoms with Gasteiger partial charge in [-0.2, -0.15) is 0 Å². The molecule has 0 bridgehead atoms.